The molecule has 2 aliphatic rings. The number of nitrogens with one attached hydrogen (secondary N) is 1. The average molecular weight is 216 g/mol. The number of fused-ring (bicyclic) bond motifs is 1. The van der Waals surface area contributed by atoms with Gasteiger partial charge >= 0.3 is 0 Å². The maximum absolute atomic E-state index is 11.7. The number of nitrogens with zero attached hydrogens (tertiary/aromatic N) is 1. The second-order valence-electron chi connectivity index (χ2n) is 4.50. The molecule has 3 nitrogen and oxygen atoms in total. The molecule has 0 saturated carbocycles. The summed E-state index contributed by atoms with van der Waals surface area (Å²) in [5, 5.41) is 2.90. The summed E-state index contributed by atoms with van der Waals surface area (Å²) in [5.74, 6) is 0.0855. The molecule has 3 heteroatoms. The molecule has 1 saturated heterocycles. The minimum Gasteiger partial charge on any atom is -0.371 e. The lowest BCUT2D eigenvalue weighted by Crippen LogP contribution is -2.33. The number of rotatable bonds is 1. The maximum Gasteiger partial charge on any atom is 0.251 e. The summed E-state index contributed by atoms with van der Waals surface area (Å²) in [4.78, 5) is 14.1. The van der Waals surface area contributed by atoms with E-state index in [9.17, 15) is 4.79 Å². The van der Waals surface area contributed by atoms with Gasteiger partial charge in [0.1, 0.15) is 0 Å². The SMILES string of the molecule is O=C1NCCc2c1cccc2N1CCCC1. The quantitative estimate of drug-likeness (QED) is 0.773. The Bertz CT molecular complexity index is 422. The monoisotopic (exact) mass is 216 g/mol. The summed E-state index contributed by atoms with van der Waals surface area (Å²) in [6.45, 7) is 3.05. The van der Waals surface area contributed by atoms with Gasteiger partial charge in [0.2, 0.25) is 0 Å². The number of benzene rings is 1. The number of carbonyl (C=O) groups excluding carboxylic acids is 1. The van der Waals surface area contributed by atoms with Crippen LogP contribution in [0.3, 0.4) is 0 Å². The van der Waals surface area contributed by atoms with Crippen LogP contribution in [-0.2, 0) is 6.42 Å². The number of hydrogen-bond acceptors (Lipinski definition) is 2. The smallest absolute Gasteiger partial charge is 0.251 e. The molecule has 1 amide bonds. The molecule has 1 fully saturated rings. The fraction of sp³-hybridized carbons (Fsp3) is 0.462. The maximum atomic E-state index is 11.7. The van der Waals surface area contributed by atoms with E-state index in [4.69, 9.17) is 0 Å². The summed E-state index contributed by atoms with van der Waals surface area (Å²) in [5.41, 5.74) is 3.40. The highest BCUT2D eigenvalue weighted by atomic mass is 16.1. The van der Waals surface area contributed by atoms with Crippen LogP contribution in [-0.4, -0.2) is 25.5 Å². The van der Waals surface area contributed by atoms with Crippen LogP contribution in [0.15, 0.2) is 18.2 Å². The molecule has 1 aromatic carbocycles. The third-order valence-corrected chi connectivity index (χ3v) is 3.50. The van der Waals surface area contributed by atoms with Gasteiger partial charge in [-0.3, -0.25) is 4.79 Å². The van der Waals surface area contributed by atoms with Crippen molar-refractivity contribution in [2.45, 2.75) is 19.3 Å². The predicted molar refractivity (Wildman–Crippen MR) is 63.9 cm³/mol. The highest BCUT2D eigenvalue weighted by molar-refractivity contribution is 5.98. The van der Waals surface area contributed by atoms with E-state index < -0.39 is 0 Å². The molecular formula is C13H16N2O. The Labute approximate surface area is 95.4 Å². The van der Waals surface area contributed by atoms with Crippen molar-refractivity contribution in [1.82, 2.24) is 5.32 Å². The molecule has 1 N–H and O–H groups in total. The molecule has 0 bridgehead atoms. The second-order valence-corrected chi connectivity index (χ2v) is 4.50. The van der Waals surface area contributed by atoms with E-state index in [2.05, 4.69) is 16.3 Å². The zero-order valence-corrected chi connectivity index (χ0v) is 9.33. The molecule has 16 heavy (non-hydrogen) atoms. The third-order valence-electron chi connectivity index (χ3n) is 3.50. The Morgan fingerprint density at radius 3 is 2.81 bits per heavy atom. The molecule has 84 valence electrons. The second kappa shape index (κ2) is 3.81. The average Bonchev–Trinajstić information content (AvgIpc) is 2.82. The van der Waals surface area contributed by atoms with Crippen molar-refractivity contribution in [3.8, 4) is 0 Å². The Balaban J connectivity index is 2.05. The van der Waals surface area contributed by atoms with Crippen molar-refractivity contribution in [1.29, 1.82) is 0 Å². The molecule has 3 rings (SSSR count). The van der Waals surface area contributed by atoms with Gasteiger partial charge in [-0.05, 0) is 37.0 Å². The van der Waals surface area contributed by atoms with Crippen molar-refractivity contribution >= 4 is 11.6 Å². The zero-order valence-electron chi connectivity index (χ0n) is 9.33. The van der Waals surface area contributed by atoms with Crippen molar-refractivity contribution < 1.29 is 4.79 Å². The standard InChI is InChI=1S/C13H16N2O/c16-13-11-4-3-5-12(10(11)6-7-14-13)15-8-1-2-9-15/h3-5H,1-2,6-9H2,(H,14,16). The Kier molecular flexibility index (Phi) is 2.31. The lowest BCUT2D eigenvalue weighted by Gasteiger charge is -2.25. The summed E-state index contributed by atoms with van der Waals surface area (Å²) in [7, 11) is 0. The molecule has 0 unspecified atom stereocenters. The molecule has 0 atom stereocenters. The van der Waals surface area contributed by atoms with Gasteiger partial charge in [0, 0.05) is 30.9 Å². The topological polar surface area (TPSA) is 32.3 Å². The van der Waals surface area contributed by atoms with Crippen molar-refractivity contribution in [2.24, 2.45) is 0 Å². The summed E-state index contributed by atoms with van der Waals surface area (Å²) >= 11 is 0. The van der Waals surface area contributed by atoms with Gasteiger partial charge in [0.05, 0.1) is 0 Å². The molecule has 1 aromatic rings. The molecule has 2 aliphatic heterocycles. The van der Waals surface area contributed by atoms with Crippen LogP contribution in [0.25, 0.3) is 0 Å². The van der Waals surface area contributed by atoms with E-state index in [1.165, 1.54) is 24.1 Å². The van der Waals surface area contributed by atoms with Crippen LogP contribution in [0.1, 0.15) is 28.8 Å². The first kappa shape index (κ1) is 9.70. The predicted octanol–water partition coefficient (Wildman–Crippen LogP) is 1.57. The number of carbonyl (C=O) groups is 1. The highest BCUT2D eigenvalue weighted by Gasteiger charge is 2.22. The van der Waals surface area contributed by atoms with Crippen LogP contribution in [0.4, 0.5) is 5.69 Å². The molecule has 2 heterocycles. The normalized spacial score (nSPS) is 19.5. The van der Waals surface area contributed by atoms with Gasteiger partial charge in [-0.1, -0.05) is 6.07 Å². The summed E-state index contributed by atoms with van der Waals surface area (Å²) in [6.07, 6.45) is 3.51. The van der Waals surface area contributed by atoms with Crippen LogP contribution in [0.2, 0.25) is 0 Å². The Morgan fingerprint density at radius 1 is 1.19 bits per heavy atom. The number of anilines is 1. The largest absolute Gasteiger partial charge is 0.371 e. The molecule has 0 spiro atoms. The zero-order chi connectivity index (χ0) is 11.0. The third kappa shape index (κ3) is 1.47. The van der Waals surface area contributed by atoms with Crippen molar-refractivity contribution in [2.75, 3.05) is 24.5 Å². The van der Waals surface area contributed by atoms with Crippen molar-refractivity contribution in [3.05, 3.63) is 29.3 Å². The minimum atomic E-state index is 0.0855. The van der Waals surface area contributed by atoms with Crippen LogP contribution in [0.5, 0.6) is 0 Å². The van der Waals surface area contributed by atoms with Gasteiger partial charge in [-0.15, -0.1) is 0 Å². The summed E-state index contributed by atoms with van der Waals surface area (Å²) in [6, 6.07) is 6.09. The van der Waals surface area contributed by atoms with Crippen LogP contribution in [0, 0.1) is 0 Å². The van der Waals surface area contributed by atoms with E-state index in [1.54, 1.807) is 0 Å². The summed E-state index contributed by atoms with van der Waals surface area (Å²) < 4.78 is 0. The number of amides is 1. The minimum absolute atomic E-state index is 0.0855. The molecular weight excluding hydrogens is 200 g/mol. The van der Waals surface area contributed by atoms with E-state index in [1.807, 2.05) is 12.1 Å². The fourth-order valence-corrected chi connectivity index (χ4v) is 2.70. The van der Waals surface area contributed by atoms with E-state index in [-0.39, 0.29) is 5.91 Å². The van der Waals surface area contributed by atoms with Crippen LogP contribution < -0.4 is 10.2 Å². The van der Waals surface area contributed by atoms with E-state index in [0.29, 0.717) is 0 Å². The van der Waals surface area contributed by atoms with E-state index >= 15 is 0 Å². The van der Waals surface area contributed by atoms with Gasteiger partial charge in [-0.25, -0.2) is 0 Å². The Morgan fingerprint density at radius 2 is 2.00 bits per heavy atom. The molecule has 0 radical (unpaired) electrons. The first-order valence-corrected chi connectivity index (χ1v) is 6.01. The van der Waals surface area contributed by atoms with Crippen LogP contribution >= 0.6 is 0 Å². The fourth-order valence-electron chi connectivity index (χ4n) is 2.70. The van der Waals surface area contributed by atoms with Crippen molar-refractivity contribution in [3.63, 3.8) is 0 Å². The lowest BCUT2D eigenvalue weighted by atomic mass is 9.98. The molecule has 0 aliphatic carbocycles. The van der Waals surface area contributed by atoms with Gasteiger partial charge < -0.3 is 10.2 Å². The Hall–Kier alpha value is -1.51. The highest BCUT2D eigenvalue weighted by Crippen LogP contribution is 2.28. The first-order valence-electron chi connectivity index (χ1n) is 6.01. The van der Waals surface area contributed by atoms with Gasteiger partial charge in [0.15, 0.2) is 0 Å². The first-order chi connectivity index (χ1) is 7.86. The van der Waals surface area contributed by atoms with Gasteiger partial charge in [-0.2, -0.15) is 0 Å². The van der Waals surface area contributed by atoms with Gasteiger partial charge in [0.25, 0.3) is 5.91 Å². The number of hydrogen-bond donors (Lipinski definition) is 1. The lowest BCUT2D eigenvalue weighted by molar-refractivity contribution is 0.0946. The van der Waals surface area contributed by atoms with E-state index in [0.717, 1.165) is 31.6 Å². The molecule has 0 aromatic heterocycles.